The van der Waals surface area contributed by atoms with Crippen molar-refractivity contribution in [3.8, 4) is 100 Å². The van der Waals surface area contributed by atoms with E-state index in [1.807, 2.05) is 0 Å². The second-order valence-corrected chi connectivity index (χ2v) is 32.5. The smallest absolute Gasteiger partial charge is 0.252 e. The van der Waals surface area contributed by atoms with E-state index in [9.17, 15) is 0 Å². The van der Waals surface area contributed by atoms with Crippen molar-refractivity contribution in [3.63, 3.8) is 0 Å². The molecule has 0 saturated carbocycles. The Morgan fingerprint density at radius 1 is 0.183 bits per heavy atom. The lowest BCUT2D eigenvalue weighted by atomic mass is 9.33. The van der Waals surface area contributed by atoms with E-state index in [2.05, 4.69) is 437 Å². The maximum absolute atomic E-state index is 6.60. The number of fused-ring (bicyclic) bond motifs is 19. The minimum Gasteiger partial charge on any atom is -0.456 e. The molecule has 26 rings (SSSR count). The number of anilines is 6. The highest BCUT2D eigenvalue weighted by atomic mass is 16.3. The van der Waals surface area contributed by atoms with Crippen LogP contribution in [0.15, 0.2) is 423 Å². The maximum Gasteiger partial charge on any atom is 0.252 e. The highest BCUT2D eigenvalue weighted by molar-refractivity contribution is 7.00. The predicted octanol–water partition coefficient (Wildman–Crippen LogP) is 29.0. The lowest BCUT2D eigenvalue weighted by molar-refractivity contribution is 0.669. The van der Waals surface area contributed by atoms with Crippen molar-refractivity contribution in [1.82, 2.24) is 8.80 Å². The number of hydrogen-bond donors (Lipinski definition) is 0. The molecule has 0 saturated heterocycles. The van der Waals surface area contributed by atoms with Crippen LogP contribution in [0.25, 0.3) is 198 Å². The first-order valence-electron chi connectivity index (χ1n) is 41.5. The number of hydrogen-bond acceptors (Lipinski definition) is 3. The Kier molecular flexibility index (Phi) is 14.3. The van der Waals surface area contributed by atoms with Crippen molar-refractivity contribution in [3.05, 3.63) is 419 Å². The quantitative estimate of drug-likeness (QED) is 0.121. The molecular formula is C114H69BN4O. The van der Waals surface area contributed by atoms with Gasteiger partial charge < -0.3 is 23.0 Å². The summed E-state index contributed by atoms with van der Waals surface area (Å²) in [7, 11) is 0. The molecule has 2 aliphatic heterocycles. The van der Waals surface area contributed by atoms with Gasteiger partial charge >= 0.3 is 0 Å². The highest BCUT2D eigenvalue weighted by Crippen LogP contribution is 2.57. The molecule has 0 aliphatic carbocycles. The summed E-state index contributed by atoms with van der Waals surface area (Å²) in [4.78, 5) is 5.44. The molecular weight excluding hydrogens is 1450 g/mol. The van der Waals surface area contributed by atoms with Gasteiger partial charge in [0, 0.05) is 98.9 Å². The van der Waals surface area contributed by atoms with Crippen molar-refractivity contribution in [2.24, 2.45) is 0 Å². The molecule has 19 aromatic carbocycles. The Hall–Kier alpha value is -15.8. The molecule has 24 aromatic rings. The van der Waals surface area contributed by atoms with E-state index in [-0.39, 0.29) is 6.71 Å². The van der Waals surface area contributed by atoms with Gasteiger partial charge in [-0.1, -0.05) is 315 Å². The fourth-order valence-electron chi connectivity index (χ4n) is 20.8. The van der Waals surface area contributed by atoms with Gasteiger partial charge in [0.05, 0.1) is 44.5 Å². The summed E-state index contributed by atoms with van der Waals surface area (Å²) < 4.78 is 11.6. The third kappa shape index (κ3) is 9.85. The summed E-state index contributed by atoms with van der Waals surface area (Å²) in [6.45, 7) is -0.313. The number of aromatic nitrogens is 2. The summed E-state index contributed by atoms with van der Waals surface area (Å²) >= 11 is 0. The number of para-hydroxylation sites is 5. The van der Waals surface area contributed by atoms with E-state index >= 15 is 0 Å². The zero-order chi connectivity index (χ0) is 78.4. The fourth-order valence-corrected chi connectivity index (χ4v) is 20.8. The summed E-state index contributed by atoms with van der Waals surface area (Å²) in [5, 5.41) is 12.2. The minimum absolute atomic E-state index is 0.313. The van der Waals surface area contributed by atoms with E-state index in [0.717, 1.165) is 156 Å². The summed E-state index contributed by atoms with van der Waals surface area (Å²) in [6, 6.07) is 158. The molecule has 0 bridgehead atoms. The van der Waals surface area contributed by atoms with E-state index in [1.165, 1.54) is 92.6 Å². The molecule has 120 heavy (non-hydrogen) atoms. The normalized spacial score (nSPS) is 12.6. The van der Waals surface area contributed by atoms with Gasteiger partial charge in [0.25, 0.3) is 6.71 Å². The van der Waals surface area contributed by atoms with Crippen LogP contribution in [-0.4, -0.2) is 15.5 Å². The largest absolute Gasteiger partial charge is 0.456 e. The van der Waals surface area contributed by atoms with Gasteiger partial charge in [-0.2, -0.15) is 0 Å². The van der Waals surface area contributed by atoms with Crippen molar-refractivity contribution in [1.29, 1.82) is 0 Å². The second-order valence-electron chi connectivity index (χ2n) is 32.5. The molecule has 7 heterocycles. The van der Waals surface area contributed by atoms with E-state index < -0.39 is 0 Å². The van der Waals surface area contributed by atoms with Gasteiger partial charge in [-0.05, 0) is 197 Å². The van der Waals surface area contributed by atoms with Gasteiger partial charge in [-0.3, -0.25) is 0 Å². The van der Waals surface area contributed by atoms with Crippen LogP contribution in [-0.2, 0) is 0 Å². The third-order valence-corrected chi connectivity index (χ3v) is 26.1. The van der Waals surface area contributed by atoms with Crippen LogP contribution >= 0.6 is 0 Å². The molecule has 0 N–H and O–H groups in total. The van der Waals surface area contributed by atoms with Gasteiger partial charge in [0.15, 0.2) is 0 Å². The molecule has 0 unspecified atom stereocenters. The number of benzene rings is 19. The Bertz CT molecular complexity index is 8200. The first-order valence-corrected chi connectivity index (χ1v) is 41.5. The first kappa shape index (κ1) is 66.5. The van der Waals surface area contributed by atoms with Crippen LogP contribution in [0, 0.1) is 0 Å². The Morgan fingerprint density at radius 3 is 0.917 bits per heavy atom. The summed E-state index contributed by atoms with van der Waals surface area (Å²) in [5.74, 6) is 0. The summed E-state index contributed by atoms with van der Waals surface area (Å²) in [6.07, 6.45) is 0. The SMILES string of the molecule is c1ccc(-c2cc(-c3ccccc3)c(N3c4cc(-c5ccc6oc7ccccc7c6c5)ccc4B4c5ccc(-c6ccc7c(c6)c6cccc8c9ccccc9n7c86)cc5N(c5c(-c6ccccc6)cc(-c6ccccc6)cc5-c5ccccc5)c5cc(-c6ccc7c(c6)c6cccc8c9ccccc9n7c86)cc3c54)c(-c3ccccc3)c2)cc1. The molecule has 2 aliphatic rings. The Labute approximate surface area is 692 Å². The van der Waals surface area contributed by atoms with Crippen molar-refractivity contribution in [2.75, 3.05) is 9.80 Å². The van der Waals surface area contributed by atoms with Crippen molar-refractivity contribution < 1.29 is 4.42 Å². The number of furan rings is 1. The number of rotatable bonds is 11. The molecule has 0 amide bonds. The molecule has 0 radical (unpaired) electrons. The minimum atomic E-state index is -0.313. The zero-order valence-corrected chi connectivity index (χ0v) is 65.1. The standard InChI is InChI=1S/C114H69BN4O/c1-7-27-70(28-8-1)81-62-91(72-31-11-3-12-32-72)113(92(63-81)73-33-13-4-14-34-73)118-104-66-79(76-51-56-102-95(59-76)89-44-25-42-87-84-39-19-22-46-100(84)116(102)111(87)89)49-54-98(104)115-99-55-50-80(77-53-58-109-97(61-77)86-41-21-24-48-108(86)120-109)67-105(99)119(114-93(74-35-15-5-16-36-74)64-82(71-29-9-2-10-30-71)65-94(114)75-37-17-6-18-38-75)107-69-83(68-106(118)110(107)115)78-52-57-103-96(60-78)90-45-26-43-88-85-40-20-23-47-101(85)117(103)112(88)90/h1-69H. The van der Waals surface area contributed by atoms with Crippen LogP contribution < -0.4 is 26.2 Å². The van der Waals surface area contributed by atoms with E-state index in [1.54, 1.807) is 0 Å². The lowest BCUT2D eigenvalue weighted by Gasteiger charge is -2.46. The predicted molar refractivity (Wildman–Crippen MR) is 506 cm³/mol. The van der Waals surface area contributed by atoms with Crippen LogP contribution in [0.3, 0.4) is 0 Å². The highest BCUT2D eigenvalue weighted by Gasteiger charge is 2.46. The molecule has 554 valence electrons. The molecule has 5 nitrogen and oxygen atoms in total. The molecule has 0 fully saturated rings. The second kappa shape index (κ2) is 25.9. The van der Waals surface area contributed by atoms with E-state index in [0.29, 0.717) is 0 Å². The van der Waals surface area contributed by atoms with Crippen molar-refractivity contribution >= 4 is 155 Å². The first-order chi connectivity index (χ1) is 59.5. The van der Waals surface area contributed by atoms with Gasteiger partial charge in [-0.25, -0.2) is 0 Å². The average molecular weight is 1520 g/mol. The topological polar surface area (TPSA) is 28.4 Å². The summed E-state index contributed by atoms with van der Waals surface area (Å²) in [5.41, 5.74) is 39.2. The van der Waals surface area contributed by atoms with Crippen molar-refractivity contribution in [2.45, 2.75) is 0 Å². The molecule has 0 atom stereocenters. The monoisotopic (exact) mass is 1520 g/mol. The molecule has 6 heteroatoms. The average Bonchev–Trinajstić information content (AvgIpc) is 0.799. The van der Waals surface area contributed by atoms with Crippen LogP contribution in [0.2, 0.25) is 0 Å². The van der Waals surface area contributed by atoms with Crippen LogP contribution in [0.1, 0.15) is 0 Å². The van der Waals surface area contributed by atoms with Crippen LogP contribution in [0.4, 0.5) is 34.1 Å². The van der Waals surface area contributed by atoms with Gasteiger partial charge in [-0.15, -0.1) is 0 Å². The Balaban J connectivity index is 0.828. The lowest BCUT2D eigenvalue weighted by Crippen LogP contribution is -2.61. The van der Waals surface area contributed by atoms with Crippen LogP contribution in [0.5, 0.6) is 0 Å². The molecule has 5 aromatic heterocycles. The van der Waals surface area contributed by atoms with Gasteiger partial charge in [0.1, 0.15) is 11.2 Å². The van der Waals surface area contributed by atoms with E-state index in [4.69, 9.17) is 4.42 Å². The maximum atomic E-state index is 6.60. The number of nitrogens with zero attached hydrogens (tertiary/aromatic N) is 4. The Morgan fingerprint density at radius 2 is 0.483 bits per heavy atom. The third-order valence-electron chi connectivity index (χ3n) is 26.1. The van der Waals surface area contributed by atoms with Gasteiger partial charge in [0.2, 0.25) is 0 Å². The molecule has 0 spiro atoms. The zero-order valence-electron chi connectivity index (χ0n) is 65.1. The fraction of sp³-hybridized carbons (Fsp3) is 0.